The molecule has 3 fully saturated rings. The molecule has 0 spiro atoms. The van der Waals surface area contributed by atoms with E-state index < -0.39 is 0 Å². The van der Waals surface area contributed by atoms with Gasteiger partial charge in [0.2, 0.25) is 0 Å². The smallest absolute Gasteiger partial charge is 0.251 e. The van der Waals surface area contributed by atoms with Crippen LogP contribution >= 0.6 is 0 Å². The number of rotatable bonds is 3. The minimum absolute atomic E-state index is 0.0183. The van der Waals surface area contributed by atoms with Gasteiger partial charge >= 0.3 is 0 Å². The van der Waals surface area contributed by atoms with E-state index in [9.17, 15) is 4.79 Å². The number of nitrogens with one attached hydrogen (secondary N) is 2. The quantitative estimate of drug-likeness (QED) is 0.894. The molecule has 3 aliphatic carbocycles. The zero-order valence-electron chi connectivity index (χ0n) is 12.6. The summed E-state index contributed by atoms with van der Waals surface area (Å²) in [6.45, 7) is 0. The second-order valence-corrected chi connectivity index (χ2v) is 7.06. The number of benzene rings is 1. The Kier molecular flexibility index (Phi) is 3.16. The summed E-state index contributed by atoms with van der Waals surface area (Å²) in [6.07, 6.45) is 7.20. The first-order valence-corrected chi connectivity index (χ1v) is 8.35. The van der Waals surface area contributed by atoms with Crippen molar-refractivity contribution in [1.82, 2.24) is 5.32 Å². The summed E-state index contributed by atoms with van der Waals surface area (Å²) in [4.78, 5) is 11.6. The van der Waals surface area contributed by atoms with Gasteiger partial charge in [0.05, 0.1) is 0 Å². The number of hydrogen-bond acceptors (Lipinski definition) is 2. The minimum Gasteiger partial charge on any atom is -0.382 e. The maximum Gasteiger partial charge on any atom is 0.251 e. The molecule has 0 radical (unpaired) electrons. The Hall–Kier alpha value is -1.51. The highest BCUT2D eigenvalue weighted by Crippen LogP contribution is 2.59. The van der Waals surface area contributed by atoms with Crippen LogP contribution < -0.4 is 10.6 Å². The predicted octanol–water partition coefficient (Wildman–Crippen LogP) is 3.28. The van der Waals surface area contributed by atoms with Gasteiger partial charge in [-0.05, 0) is 73.6 Å². The van der Waals surface area contributed by atoms with E-state index in [2.05, 4.69) is 10.6 Å². The van der Waals surface area contributed by atoms with Crippen molar-refractivity contribution in [1.29, 1.82) is 0 Å². The lowest BCUT2D eigenvalue weighted by Gasteiger charge is -2.32. The Labute approximate surface area is 126 Å². The molecule has 0 heterocycles. The second-order valence-electron chi connectivity index (χ2n) is 7.06. The molecule has 5 atom stereocenters. The van der Waals surface area contributed by atoms with Crippen LogP contribution in [0.25, 0.3) is 0 Å². The van der Waals surface area contributed by atoms with Crippen LogP contribution in [0.1, 0.15) is 42.5 Å². The fraction of sp³-hybridized carbons (Fsp3) is 0.611. The van der Waals surface area contributed by atoms with Gasteiger partial charge in [0, 0.05) is 24.3 Å². The fourth-order valence-corrected chi connectivity index (χ4v) is 5.31. The van der Waals surface area contributed by atoms with Crippen LogP contribution in [0.15, 0.2) is 24.3 Å². The number of carbonyl (C=O) groups excluding carboxylic acids is 1. The van der Waals surface area contributed by atoms with Crippen molar-refractivity contribution >= 4 is 11.6 Å². The van der Waals surface area contributed by atoms with Crippen LogP contribution in [0.2, 0.25) is 0 Å². The SMILES string of the molecule is CNC(=O)c1ccc(NC2CC3CC2C2CCCC32)cc1. The van der Waals surface area contributed by atoms with Crippen molar-refractivity contribution in [2.45, 2.75) is 38.1 Å². The summed E-state index contributed by atoms with van der Waals surface area (Å²) in [5.41, 5.74) is 1.89. The Balaban J connectivity index is 1.44. The summed E-state index contributed by atoms with van der Waals surface area (Å²) in [6, 6.07) is 8.56. The molecule has 1 aromatic carbocycles. The largest absolute Gasteiger partial charge is 0.382 e. The lowest BCUT2D eigenvalue weighted by Crippen LogP contribution is -2.33. The molecule has 3 aliphatic rings. The minimum atomic E-state index is -0.0183. The third-order valence-electron chi connectivity index (χ3n) is 6.15. The normalized spacial score (nSPS) is 36.5. The molecule has 2 bridgehead atoms. The van der Waals surface area contributed by atoms with Crippen molar-refractivity contribution in [3.63, 3.8) is 0 Å². The second kappa shape index (κ2) is 5.04. The summed E-state index contributed by atoms with van der Waals surface area (Å²) >= 11 is 0. The molecule has 112 valence electrons. The Bertz CT molecular complexity index is 539. The van der Waals surface area contributed by atoms with E-state index in [1.54, 1.807) is 7.05 Å². The van der Waals surface area contributed by atoms with Gasteiger partial charge in [-0.15, -0.1) is 0 Å². The maximum atomic E-state index is 11.6. The van der Waals surface area contributed by atoms with Crippen LogP contribution in [0, 0.1) is 23.7 Å². The molecule has 0 aliphatic heterocycles. The molecule has 1 amide bonds. The zero-order valence-corrected chi connectivity index (χ0v) is 12.6. The van der Waals surface area contributed by atoms with Gasteiger partial charge in [-0.25, -0.2) is 0 Å². The lowest BCUT2D eigenvalue weighted by atomic mass is 9.79. The molecule has 0 aromatic heterocycles. The predicted molar refractivity (Wildman–Crippen MR) is 84.3 cm³/mol. The van der Waals surface area contributed by atoms with E-state index in [1.807, 2.05) is 24.3 Å². The summed E-state index contributed by atoms with van der Waals surface area (Å²) in [5, 5.41) is 6.40. The van der Waals surface area contributed by atoms with E-state index in [-0.39, 0.29) is 5.91 Å². The molecule has 3 saturated carbocycles. The van der Waals surface area contributed by atoms with Crippen molar-refractivity contribution in [2.75, 3.05) is 12.4 Å². The molecular weight excluding hydrogens is 260 g/mol. The molecule has 2 N–H and O–H groups in total. The number of amides is 1. The number of carbonyl (C=O) groups is 1. The van der Waals surface area contributed by atoms with E-state index in [0.29, 0.717) is 6.04 Å². The van der Waals surface area contributed by atoms with Crippen molar-refractivity contribution in [3.8, 4) is 0 Å². The highest BCUT2D eigenvalue weighted by Gasteiger charge is 2.53. The third kappa shape index (κ3) is 2.14. The fourth-order valence-electron chi connectivity index (χ4n) is 5.31. The molecule has 21 heavy (non-hydrogen) atoms. The first-order valence-electron chi connectivity index (χ1n) is 8.35. The molecule has 0 saturated heterocycles. The van der Waals surface area contributed by atoms with Gasteiger partial charge in [-0.2, -0.15) is 0 Å². The molecule has 3 nitrogen and oxygen atoms in total. The Morgan fingerprint density at radius 2 is 1.81 bits per heavy atom. The Morgan fingerprint density at radius 3 is 2.57 bits per heavy atom. The standard InChI is InChI=1S/C18H24N2O/c1-19-18(21)11-5-7-13(8-6-11)20-17-10-12-9-16(17)15-4-2-3-14(12)15/h5-8,12,14-17,20H,2-4,9-10H2,1H3,(H,19,21). The van der Waals surface area contributed by atoms with Gasteiger partial charge in [-0.1, -0.05) is 6.42 Å². The Morgan fingerprint density at radius 1 is 1.05 bits per heavy atom. The number of fused-ring (bicyclic) bond motifs is 5. The van der Waals surface area contributed by atoms with Crippen molar-refractivity contribution in [3.05, 3.63) is 29.8 Å². The topological polar surface area (TPSA) is 41.1 Å². The molecule has 4 rings (SSSR count). The van der Waals surface area contributed by atoms with E-state index >= 15 is 0 Å². The average Bonchev–Trinajstić information content (AvgIpc) is 3.19. The van der Waals surface area contributed by atoms with Gasteiger partial charge in [0.25, 0.3) is 5.91 Å². The number of hydrogen-bond donors (Lipinski definition) is 2. The maximum absolute atomic E-state index is 11.6. The van der Waals surface area contributed by atoms with Gasteiger partial charge in [0.15, 0.2) is 0 Å². The molecule has 1 aromatic rings. The van der Waals surface area contributed by atoms with Crippen LogP contribution in [-0.4, -0.2) is 19.0 Å². The van der Waals surface area contributed by atoms with Gasteiger partial charge in [-0.3, -0.25) is 4.79 Å². The summed E-state index contributed by atoms with van der Waals surface area (Å²) < 4.78 is 0. The van der Waals surface area contributed by atoms with E-state index in [0.717, 1.165) is 34.9 Å². The van der Waals surface area contributed by atoms with E-state index in [4.69, 9.17) is 0 Å². The monoisotopic (exact) mass is 284 g/mol. The number of anilines is 1. The lowest BCUT2D eigenvalue weighted by molar-refractivity contribution is 0.0963. The van der Waals surface area contributed by atoms with Gasteiger partial charge in [0.1, 0.15) is 0 Å². The van der Waals surface area contributed by atoms with Crippen molar-refractivity contribution < 1.29 is 4.79 Å². The van der Waals surface area contributed by atoms with Crippen LogP contribution in [0.5, 0.6) is 0 Å². The van der Waals surface area contributed by atoms with Crippen LogP contribution in [0.3, 0.4) is 0 Å². The summed E-state index contributed by atoms with van der Waals surface area (Å²) in [5.74, 6) is 3.89. The van der Waals surface area contributed by atoms with Crippen LogP contribution in [0.4, 0.5) is 5.69 Å². The molecule has 3 heteroatoms. The zero-order chi connectivity index (χ0) is 14.4. The summed E-state index contributed by atoms with van der Waals surface area (Å²) in [7, 11) is 1.67. The van der Waals surface area contributed by atoms with Crippen molar-refractivity contribution in [2.24, 2.45) is 23.7 Å². The third-order valence-corrected chi connectivity index (χ3v) is 6.15. The van der Waals surface area contributed by atoms with E-state index in [1.165, 1.54) is 32.1 Å². The average molecular weight is 284 g/mol. The van der Waals surface area contributed by atoms with Crippen LogP contribution in [-0.2, 0) is 0 Å². The molecule has 5 unspecified atom stereocenters. The van der Waals surface area contributed by atoms with Gasteiger partial charge < -0.3 is 10.6 Å². The molecular formula is C18H24N2O. The highest BCUT2D eigenvalue weighted by atomic mass is 16.1. The first kappa shape index (κ1) is 13.2. The highest BCUT2D eigenvalue weighted by molar-refractivity contribution is 5.94. The first-order chi connectivity index (χ1) is 10.3.